The minimum atomic E-state index is -0.464. The molecule has 1 aromatic carbocycles. The van der Waals surface area contributed by atoms with Gasteiger partial charge in [-0.15, -0.1) is 0 Å². The molecule has 0 spiro atoms. The highest BCUT2D eigenvalue weighted by atomic mass is 16.5. The average molecular weight is 250 g/mol. The number of amides is 1. The fourth-order valence-electron chi connectivity index (χ4n) is 2.01. The molecule has 2 unspecified atom stereocenters. The Morgan fingerprint density at radius 3 is 3.00 bits per heavy atom. The van der Waals surface area contributed by atoms with Gasteiger partial charge in [-0.05, 0) is 31.7 Å². The molecule has 18 heavy (non-hydrogen) atoms. The van der Waals surface area contributed by atoms with Crippen molar-refractivity contribution in [2.75, 3.05) is 25.5 Å². The van der Waals surface area contributed by atoms with Crippen LogP contribution in [0.4, 0.5) is 5.69 Å². The van der Waals surface area contributed by atoms with E-state index in [1.54, 1.807) is 6.92 Å². The van der Waals surface area contributed by atoms with E-state index in [0.29, 0.717) is 18.0 Å². The van der Waals surface area contributed by atoms with Gasteiger partial charge in [0.2, 0.25) is 0 Å². The molecule has 0 saturated heterocycles. The third kappa shape index (κ3) is 2.47. The molecule has 3 N–H and O–H groups in total. The highest BCUT2D eigenvalue weighted by Gasteiger charge is 2.24. The van der Waals surface area contributed by atoms with Crippen LogP contribution in [0.25, 0.3) is 0 Å². The molecule has 0 aliphatic carbocycles. The number of aliphatic hydroxyl groups is 1. The number of nitrogens with one attached hydrogen (secondary N) is 2. The van der Waals surface area contributed by atoms with Crippen LogP contribution < -0.4 is 15.4 Å². The monoisotopic (exact) mass is 250 g/mol. The number of rotatable bonds is 4. The lowest BCUT2D eigenvalue weighted by Gasteiger charge is -2.25. The SMILES string of the molecule is CNCC(CO)c1ccc2c(c1)NC(=O)C(C)O2. The van der Waals surface area contributed by atoms with Crippen molar-refractivity contribution in [2.24, 2.45) is 0 Å². The number of hydrogen-bond donors (Lipinski definition) is 3. The number of carbonyl (C=O) groups is 1. The van der Waals surface area contributed by atoms with Crippen molar-refractivity contribution in [1.29, 1.82) is 0 Å². The van der Waals surface area contributed by atoms with Crippen molar-refractivity contribution in [3.63, 3.8) is 0 Å². The molecule has 1 aromatic rings. The number of benzene rings is 1. The fraction of sp³-hybridized carbons (Fsp3) is 0.462. The molecule has 5 heteroatoms. The molecule has 0 fully saturated rings. The van der Waals surface area contributed by atoms with Gasteiger partial charge in [-0.25, -0.2) is 0 Å². The Labute approximate surface area is 106 Å². The van der Waals surface area contributed by atoms with Crippen LogP contribution in [0.3, 0.4) is 0 Å². The number of ether oxygens (including phenoxy) is 1. The number of fused-ring (bicyclic) bond motifs is 1. The molecule has 1 heterocycles. The number of aliphatic hydroxyl groups excluding tert-OH is 1. The van der Waals surface area contributed by atoms with E-state index in [9.17, 15) is 9.90 Å². The van der Waals surface area contributed by atoms with E-state index in [1.807, 2.05) is 25.2 Å². The quantitative estimate of drug-likeness (QED) is 0.735. The van der Waals surface area contributed by atoms with Gasteiger partial charge in [-0.3, -0.25) is 4.79 Å². The molecule has 0 saturated carbocycles. The van der Waals surface area contributed by atoms with Crippen LogP contribution in [0.15, 0.2) is 18.2 Å². The molecule has 2 rings (SSSR count). The average Bonchev–Trinajstić information content (AvgIpc) is 2.37. The summed E-state index contributed by atoms with van der Waals surface area (Å²) in [5.41, 5.74) is 1.65. The van der Waals surface area contributed by atoms with E-state index in [0.717, 1.165) is 5.56 Å². The Bertz CT molecular complexity index is 448. The van der Waals surface area contributed by atoms with Crippen molar-refractivity contribution in [3.8, 4) is 5.75 Å². The highest BCUT2D eigenvalue weighted by molar-refractivity contribution is 5.97. The van der Waals surface area contributed by atoms with Gasteiger partial charge in [0.1, 0.15) is 5.75 Å². The Hall–Kier alpha value is -1.59. The molecule has 5 nitrogen and oxygen atoms in total. The summed E-state index contributed by atoms with van der Waals surface area (Å²) >= 11 is 0. The van der Waals surface area contributed by atoms with Gasteiger partial charge in [-0.2, -0.15) is 0 Å². The maximum Gasteiger partial charge on any atom is 0.265 e. The number of anilines is 1. The molecule has 2 atom stereocenters. The zero-order valence-corrected chi connectivity index (χ0v) is 10.6. The third-order valence-corrected chi connectivity index (χ3v) is 3.08. The second-order valence-corrected chi connectivity index (χ2v) is 4.44. The predicted octanol–water partition coefficient (Wildman–Crippen LogP) is 0.701. The van der Waals surface area contributed by atoms with E-state index in [1.165, 1.54) is 0 Å². The molecule has 0 aromatic heterocycles. The first-order valence-corrected chi connectivity index (χ1v) is 6.02. The molecule has 0 radical (unpaired) electrons. The minimum absolute atomic E-state index is 0.0107. The molecule has 98 valence electrons. The second-order valence-electron chi connectivity index (χ2n) is 4.44. The Kier molecular flexibility index (Phi) is 3.84. The van der Waals surface area contributed by atoms with E-state index >= 15 is 0 Å². The molecular weight excluding hydrogens is 232 g/mol. The van der Waals surface area contributed by atoms with Gasteiger partial charge < -0.3 is 20.5 Å². The molecule has 1 aliphatic rings. The lowest BCUT2D eigenvalue weighted by Crippen LogP contribution is -2.34. The number of likely N-dealkylation sites (N-methyl/N-ethyl adjacent to an activating group) is 1. The first-order valence-electron chi connectivity index (χ1n) is 6.02. The van der Waals surface area contributed by atoms with Crippen molar-refractivity contribution in [1.82, 2.24) is 5.32 Å². The van der Waals surface area contributed by atoms with Crippen LogP contribution in [0.1, 0.15) is 18.4 Å². The normalized spacial score (nSPS) is 19.7. The predicted molar refractivity (Wildman–Crippen MR) is 68.9 cm³/mol. The molecule has 1 aliphatic heterocycles. The summed E-state index contributed by atoms with van der Waals surface area (Å²) in [5.74, 6) is 0.539. The zero-order valence-electron chi connectivity index (χ0n) is 10.6. The summed E-state index contributed by atoms with van der Waals surface area (Å²) in [6.45, 7) is 2.45. The summed E-state index contributed by atoms with van der Waals surface area (Å²) in [7, 11) is 1.84. The maximum atomic E-state index is 11.5. The Morgan fingerprint density at radius 1 is 1.56 bits per heavy atom. The van der Waals surface area contributed by atoms with Crippen LogP contribution in [0, 0.1) is 0 Å². The summed E-state index contributed by atoms with van der Waals surface area (Å²) in [5, 5.41) is 15.2. The van der Waals surface area contributed by atoms with Crippen molar-refractivity contribution in [3.05, 3.63) is 23.8 Å². The third-order valence-electron chi connectivity index (χ3n) is 3.08. The summed E-state index contributed by atoms with van der Waals surface area (Å²) in [6.07, 6.45) is -0.464. The van der Waals surface area contributed by atoms with Crippen molar-refractivity contribution >= 4 is 11.6 Å². The first-order chi connectivity index (χ1) is 8.65. The second kappa shape index (κ2) is 5.37. The van der Waals surface area contributed by atoms with E-state index in [-0.39, 0.29) is 18.4 Å². The van der Waals surface area contributed by atoms with Crippen molar-refractivity contribution in [2.45, 2.75) is 18.9 Å². The summed E-state index contributed by atoms with van der Waals surface area (Å²) < 4.78 is 5.48. The van der Waals surface area contributed by atoms with Crippen LogP contribution in [-0.2, 0) is 4.79 Å². The number of hydrogen-bond acceptors (Lipinski definition) is 4. The standard InChI is InChI=1S/C13H18N2O3/c1-8-13(17)15-11-5-9(3-4-12(11)18-8)10(7-16)6-14-2/h3-5,8,10,14,16H,6-7H2,1-2H3,(H,15,17). The Balaban J connectivity index is 2.26. The first kappa shape index (κ1) is 12.9. The lowest BCUT2D eigenvalue weighted by molar-refractivity contribution is -0.122. The smallest absolute Gasteiger partial charge is 0.265 e. The summed E-state index contributed by atoms with van der Waals surface area (Å²) in [6, 6.07) is 5.61. The van der Waals surface area contributed by atoms with Crippen LogP contribution in [0.2, 0.25) is 0 Å². The molecule has 1 amide bonds. The topological polar surface area (TPSA) is 70.6 Å². The van der Waals surface area contributed by atoms with Crippen LogP contribution in [0.5, 0.6) is 5.75 Å². The van der Waals surface area contributed by atoms with Gasteiger partial charge in [0.25, 0.3) is 5.91 Å². The van der Waals surface area contributed by atoms with Gasteiger partial charge >= 0.3 is 0 Å². The summed E-state index contributed by atoms with van der Waals surface area (Å²) in [4.78, 5) is 11.5. The van der Waals surface area contributed by atoms with Crippen molar-refractivity contribution < 1.29 is 14.6 Å². The molecular formula is C13H18N2O3. The van der Waals surface area contributed by atoms with E-state index in [2.05, 4.69) is 10.6 Å². The van der Waals surface area contributed by atoms with Crippen LogP contribution in [-0.4, -0.2) is 37.3 Å². The number of carbonyl (C=O) groups excluding carboxylic acids is 1. The molecule has 0 bridgehead atoms. The van der Waals surface area contributed by atoms with Gasteiger partial charge in [0, 0.05) is 12.5 Å². The Morgan fingerprint density at radius 2 is 2.33 bits per heavy atom. The highest BCUT2D eigenvalue weighted by Crippen LogP contribution is 2.32. The lowest BCUT2D eigenvalue weighted by atomic mass is 9.98. The van der Waals surface area contributed by atoms with Crippen LogP contribution >= 0.6 is 0 Å². The van der Waals surface area contributed by atoms with E-state index < -0.39 is 6.10 Å². The zero-order chi connectivity index (χ0) is 13.1. The largest absolute Gasteiger partial charge is 0.479 e. The minimum Gasteiger partial charge on any atom is -0.479 e. The maximum absolute atomic E-state index is 11.5. The van der Waals surface area contributed by atoms with Gasteiger partial charge in [0.05, 0.1) is 12.3 Å². The van der Waals surface area contributed by atoms with Gasteiger partial charge in [-0.1, -0.05) is 6.07 Å². The fourth-order valence-corrected chi connectivity index (χ4v) is 2.01. The van der Waals surface area contributed by atoms with E-state index in [4.69, 9.17) is 4.74 Å². The van der Waals surface area contributed by atoms with Gasteiger partial charge in [0.15, 0.2) is 6.10 Å².